The van der Waals surface area contributed by atoms with E-state index >= 15 is 0 Å². The number of carbonyl (C=O) groups is 1. The molecule has 2 aromatic carbocycles. The summed E-state index contributed by atoms with van der Waals surface area (Å²) in [7, 11) is -2.57. The van der Waals surface area contributed by atoms with Gasteiger partial charge in [-0.25, -0.2) is 12.8 Å². The van der Waals surface area contributed by atoms with Crippen LogP contribution in [0, 0.1) is 12.7 Å². The van der Waals surface area contributed by atoms with Crippen molar-refractivity contribution in [1.82, 2.24) is 10.3 Å². The fourth-order valence-corrected chi connectivity index (χ4v) is 4.17. The van der Waals surface area contributed by atoms with E-state index in [-0.39, 0.29) is 22.8 Å². The Balaban J connectivity index is 1.86. The smallest absolute Gasteiger partial charge is 0.264 e. The molecule has 0 spiro atoms. The second kappa shape index (κ2) is 8.40. The number of aromatic nitrogens is 1. The zero-order chi connectivity index (χ0) is 21.0. The molecule has 1 heterocycles. The summed E-state index contributed by atoms with van der Waals surface area (Å²) >= 11 is 0. The molecule has 0 aliphatic rings. The molecule has 3 aromatic rings. The fourth-order valence-electron chi connectivity index (χ4n) is 2.80. The standard InChI is InChI=1S/C21H20FN3O3S/c1-15-12-16(9-10-19(15)22)13-24-21(26)18-7-3-4-8-20(18)29(27,28)25(2)17-6-5-11-23-14-17/h3-12,14H,13H2,1-2H3,(H,24,26). The molecule has 0 unspecified atom stereocenters. The third-order valence-corrected chi connectivity index (χ3v) is 6.30. The van der Waals surface area contributed by atoms with Crippen molar-refractivity contribution in [3.8, 4) is 0 Å². The van der Waals surface area contributed by atoms with Crippen LogP contribution < -0.4 is 9.62 Å². The Labute approximate surface area is 169 Å². The predicted molar refractivity (Wildman–Crippen MR) is 109 cm³/mol. The first-order chi connectivity index (χ1) is 13.8. The molecule has 0 aliphatic heterocycles. The summed E-state index contributed by atoms with van der Waals surface area (Å²) in [5.41, 5.74) is 1.59. The van der Waals surface area contributed by atoms with E-state index in [1.807, 2.05) is 0 Å². The molecule has 0 atom stereocenters. The van der Waals surface area contributed by atoms with E-state index < -0.39 is 15.9 Å². The van der Waals surface area contributed by atoms with Gasteiger partial charge in [-0.1, -0.05) is 24.3 Å². The maximum atomic E-state index is 13.4. The maximum absolute atomic E-state index is 13.4. The Morgan fingerprint density at radius 2 is 1.90 bits per heavy atom. The van der Waals surface area contributed by atoms with Gasteiger partial charge in [-0.2, -0.15) is 0 Å². The minimum Gasteiger partial charge on any atom is -0.348 e. The van der Waals surface area contributed by atoms with Crippen LogP contribution in [-0.4, -0.2) is 26.4 Å². The average molecular weight is 413 g/mol. The van der Waals surface area contributed by atoms with Gasteiger partial charge < -0.3 is 5.32 Å². The van der Waals surface area contributed by atoms with Crippen molar-refractivity contribution in [3.05, 3.63) is 89.5 Å². The summed E-state index contributed by atoms with van der Waals surface area (Å²) in [6, 6.07) is 13.8. The number of hydrogen-bond acceptors (Lipinski definition) is 4. The van der Waals surface area contributed by atoms with Gasteiger partial charge in [0.15, 0.2) is 0 Å². The molecule has 0 bridgehead atoms. The van der Waals surface area contributed by atoms with Crippen LogP contribution in [0.2, 0.25) is 0 Å². The second-order valence-corrected chi connectivity index (χ2v) is 8.38. The Kier molecular flexibility index (Phi) is 5.93. The highest BCUT2D eigenvalue weighted by molar-refractivity contribution is 7.92. The predicted octanol–water partition coefficient (Wildman–Crippen LogP) is 3.28. The Morgan fingerprint density at radius 3 is 2.59 bits per heavy atom. The van der Waals surface area contributed by atoms with Crippen molar-refractivity contribution in [2.45, 2.75) is 18.4 Å². The van der Waals surface area contributed by atoms with Crippen molar-refractivity contribution < 1.29 is 17.6 Å². The minimum atomic E-state index is -3.98. The first-order valence-corrected chi connectivity index (χ1v) is 10.3. The Hall–Kier alpha value is -3.26. The van der Waals surface area contributed by atoms with Crippen LogP contribution in [0.5, 0.6) is 0 Å². The van der Waals surface area contributed by atoms with Gasteiger partial charge in [0.25, 0.3) is 15.9 Å². The van der Waals surface area contributed by atoms with Crippen molar-refractivity contribution in [3.63, 3.8) is 0 Å². The topological polar surface area (TPSA) is 79.4 Å². The summed E-state index contributed by atoms with van der Waals surface area (Å²) in [5.74, 6) is -0.860. The molecule has 6 nitrogen and oxygen atoms in total. The summed E-state index contributed by atoms with van der Waals surface area (Å²) in [4.78, 5) is 16.5. The minimum absolute atomic E-state index is 0.0297. The zero-order valence-electron chi connectivity index (χ0n) is 16.0. The highest BCUT2D eigenvalue weighted by Gasteiger charge is 2.26. The number of nitrogens with one attached hydrogen (secondary N) is 1. The van der Waals surface area contributed by atoms with Gasteiger partial charge in [0.2, 0.25) is 0 Å². The normalized spacial score (nSPS) is 11.1. The monoisotopic (exact) mass is 413 g/mol. The van der Waals surface area contributed by atoms with Gasteiger partial charge >= 0.3 is 0 Å². The number of benzene rings is 2. The van der Waals surface area contributed by atoms with Gasteiger partial charge in [0, 0.05) is 19.8 Å². The van der Waals surface area contributed by atoms with Crippen LogP contribution in [0.4, 0.5) is 10.1 Å². The largest absolute Gasteiger partial charge is 0.348 e. The van der Waals surface area contributed by atoms with E-state index in [0.29, 0.717) is 16.8 Å². The number of halogens is 1. The third-order valence-electron chi connectivity index (χ3n) is 4.46. The van der Waals surface area contributed by atoms with Crippen molar-refractivity contribution in [2.75, 3.05) is 11.4 Å². The summed E-state index contributed by atoms with van der Waals surface area (Å²) in [6.07, 6.45) is 2.97. The number of amides is 1. The molecule has 1 aromatic heterocycles. The molecule has 8 heteroatoms. The molecule has 29 heavy (non-hydrogen) atoms. The second-order valence-electron chi connectivity index (χ2n) is 6.45. The molecule has 0 aliphatic carbocycles. The van der Waals surface area contributed by atoms with E-state index in [1.54, 1.807) is 49.5 Å². The number of sulfonamides is 1. The lowest BCUT2D eigenvalue weighted by Gasteiger charge is -2.20. The summed E-state index contributed by atoms with van der Waals surface area (Å²) in [5, 5.41) is 2.70. The van der Waals surface area contributed by atoms with Crippen LogP contribution >= 0.6 is 0 Å². The van der Waals surface area contributed by atoms with Crippen LogP contribution in [0.15, 0.2) is 71.9 Å². The number of nitrogens with zero attached hydrogens (tertiary/aromatic N) is 2. The number of pyridine rings is 1. The first kappa shape index (κ1) is 20.5. The van der Waals surface area contributed by atoms with Crippen LogP contribution in [0.25, 0.3) is 0 Å². The Morgan fingerprint density at radius 1 is 1.14 bits per heavy atom. The highest BCUT2D eigenvalue weighted by Crippen LogP contribution is 2.24. The lowest BCUT2D eigenvalue weighted by Crippen LogP contribution is -2.30. The van der Waals surface area contributed by atoms with Crippen molar-refractivity contribution in [1.29, 1.82) is 0 Å². The molecule has 0 saturated carbocycles. The van der Waals surface area contributed by atoms with E-state index in [1.165, 1.54) is 31.4 Å². The molecular formula is C21H20FN3O3S. The van der Waals surface area contributed by atoms with Gasteiger partial charge in [-0.15, -0.1) is 0 Å². The zero-order valence-corrected chi connectivity index (χ0v) is 16.8. The molecule has 3 rings (SSSR count). The third kappa shape index (κ3) is 4.43. The van der Waals surface area contributed by atoms with E-state index in [9.17, 15) is 17.6 Å². The number of carbonyl (C=O) groups excluding carboxylic acids is 1. The fraction of sp³-hybridized carbons (Fsp3) is 0.143. The number of hydrogen-bond donors (Lipinski definition) is 1. The Bertz CT molecular complexity index is 1130. The van der Waals surface area contributed by atoms with E-state index in [0.717, 1.165) is 4.31 Å². The SMILES string of the molecule is Cc1cc(CNC(=O)c2ccccc2S(=O)(=O)N(C)c2cccnc2)ccc1F. The molecule has 1 N–H and O–H groups in total. The van der Waals surface area contributed by atoms with Gasteiger partial charge in [0.05, 0.1) is 17.4 Å². The molecule has 0 fully saturated rings. The first-order valence-electron chi connectivity index (χ1n) is 8.82. The van der Waals surface area contributed by atoms with Gasteiger partial charge in [0.1, 0.15) is 10.7 Å². The number of rotatable bonds is 6. The molecule has 0 radical (unpaired) electrons. The maximum Gasteiger partial charge on any atom is 0.264 e. The van der Waals surface area contributed by atoms with Gasteiger partial charge in [-0.05, 0) is 48.4 Å². The van der Waals surface area contributed by atoms with E-state index in [4.69, 9.17) is 0 Å². The number of anilines is 1. The quantitative estimate of drug-likeness (QED) is 0.673. The number of aryl methyl sites for hydroxylation is 1. The van der Waals surface area contributed by atoms with Crippen molar-refractivity contribution >= 4 is 21.6 Å². The van der Waals surface area contributed by atoms with Crippen LogP contribution in [0.3, 0.4) is 0 Å². The summed E-state index contributed by atoms with van der Waals surface area (Å²) < 4.78 is 40.7. The highest BCUT2D eigenvalue weighted by atomic mass is 32.2. The molecular weight excluding hydrogens is 393 g/mol. The molecule has 1 amide bonds. The van der Waals surface area contributed by atoms with Gasteiger partial charge in [-0.3, -0.25) is 14.1 Å². The molecule has 0 saturated heterocycles. The summed E-state index contributed by atoms with van der Waals surface area (Å²) in [6.45, 7) is 1.78. The molecule has 150 valence electrons. The lowest BCUT2D eigenvalue weighted by atomic mass is 10.1. The van der Waals surface area contributed by atoms with Crippen LogP contribution in [0.1, 0.15) is 21.5 Å². The van der Waals surface area contributed by atoms with Crippen LogP contribution in [-0.2, 0) is 16.6 Å². The lowest BCUT2D eigenvalue weighted by molar-refractivity contribution is 0.0947. The van der Waals surface area contributed by atoms with Crippen molar-refractivity contribution in [2.24, 2.45) is 0 Å². The average Bonchev–Trinajstić information content (AvgIpc) is 2.74. The van der Waals surface area contributed by atoms with E-state index in [2.05, 4.69) is 10.3 Å².